The number of carbonyl (C=O) groups is 1. The lowest BCUT2D eigenvalue weighted by atomic mass is 10.0. The summed E-state index contributed by atoms with van der Waals surface area (Å²) in [6, 6.07) is 8.48. The molecule has 2 aliphatic rings. The van der Waals surface area contributed by atoms with Crippen molar-refractivity contribution >= 4 is 5.91 Å². The van der Waals surface area contributed by atoms with Gasteiger partial charge in [0.1, 0.15) is 6.33 Å². The Bertz CT molecular complexity index is 763. The summed E-state index contributed by atoms with van der Waals surface area (Å²) in [6.45, 7) is 2.68. The van der Waals surface area contributed by atoms with Crippen LogP contribution in [0.2, 0.25) is 0 Å². The number of rotatable bonds is 4. The van der Waals surface area contributed by atoms with Gasteiger partial charge >= 0.3 is 0 Å². The molecule has 4 rings (SSSR count). The second kappa shape index (κ2) is 7.96. The first-order chi connectivity index (χ1) is 12.8. The first kappa shape index (κ1) is 17.2. The van der Waals surface area contributed by atoms with Crippen LogP contribution >= 0.6 is 0 Å². The van der Waals surface area contributed by atoms with E-state index in [2.05, 4.69) is 28.2 Å². The van der Waals surface area contributed by atoms with Gasteiger partial charge in [0.05, 0.1) is 19.6 Å². The van der Waals surface area contributed by atoms with Gasteiger partial charge in [-0.15, -0.1) is 0 Å². The van der Waals surface area contributed by atoms with Crippen LogP contribution < -0.4 is 0 Å². The first-order valence-electron chi connectivity index (χ1n) is 9.49. The SMILES string of the molecule is O=C(Cc1ccc2c(c1)CCC2)N1CCOC[C@@H](Cc2ccncn2)C1. The van der Waals surface area contributed by atoms with Gasteiger partial charge < -0.3 is 9.64 Å². The summed E-state index contributed by atoms with van der Waals surface area (Å²) in [4.78, 5) is 23.1. The molecule has 2 heterocycles. The van der Waals surface area contributed by atoms with Crippen molar-refractivity contribution in [2.45, 2.75) is 32.1 Å². The fourth-order valence-corrected chi connectivity index (χ4v) is 3.99. The molecular formula is C21H25N3O2. The Morgan fingerprint density at radius 1 is 1.23 bits per heavy atom. The van der Waals surface area contributed by atoms with E-state index in [1.165, 1.54) is 24.0 Å². The van der Waals surface area contributed by atoms with Crippen molar-refractivity contribution < 1.29 is 9.53 Å². The highest BCUT2D eigenvalue weighted by molar-refractivity contribution is 5.79. The fraction of sp³-hybridized carbons (Fsp3) is 0.476. The van der Waals surface area contributed by atoms with Crippen LogP contribution in [0.3, 0.4) is 0 Å². The number of hydrogen-bond donors (Lipinski definition) is 0. The van der Waals surface area contributed by atoms with Crippen molar-refractivity contribution in [1.82, 2.24) is 14.9 Å². The number of benzene rings is 1. The number of aromatic nitrogens is 2. The molecule has 1 saturated heterocycles. The summed E-state index contributed by atoms with van der Waals surface area (Å²) in [5, 5.41) is 0. The van der Waals surface area contributed by atoms with E-state index in [9.17, 15) is 4.79 Å². The molecule has 1 fully saturated rings. The molecule has 0 N–H and O–H groups in total. The van der Waals surface area contributed by atoms with Crippen LogP contribution in [0.25, 0.3) is 0 Å². The summed E-state index contributed by atoms with van der Waals surface area (Å²) in [5.41, 5.74) is 5.01. The summed E-state index contributed by atoms with van der Waals surface area (Å²) in [6.07, 6.45) is 8.19. The van der Waals surface area contributed by atoms with Gasteiger partial charge in [-0.25, -0.2) is 9.97 Å². The smallest absolute Gasteiger partial charge is 0.227 e. The summed E-state index contributed by atoms with van der Waals surface area (Å²) < 4.78 is 5.73. The van der Waals surface area contributed by atoms with Crippen molar-refractivity contribution in [3.63, 3.8) is 0 Å². The van der Waals surface area contributed by atoms with Gasteiger partial charge in [0, 0.05) is 30.9 Å². The van der Waals surface area contributed by atoms with Gasteiger partial charge in [0.2, 0.25) is 5.91 Å². The van der Waals surface area contributed by atoms with Gasteiger partial charge in [0.15, 0.2) is 0 Å². The van der Waals surface area contributed by atoms with E-state index in [0.717, 1.165) is 30.6 Å². The van der Waals surface area contributed by atoms with Crippen molar-refractivity contribution in [2.24, 2.45) is 5.92 Å². The van der Waals surface area contributed by atoms with Crippen molar-refractivity contribution in [3.05, 3.63) is 59.2 Å². The third-order valence-corrected chi connectivity index (χ3v) is 5.35. The summed E-state index contributed by atoms with van der Waals surface area (Å²) in [5.74, 6) is 0.470. The van der Waals surface area contributed by atoms with E-state index in [1.54, 1.807) is 12.5 Å². The normalized spacial score (nSPS) is 19.8. The molecule has 1 aliphatic carbocycles. The van der Waals surface area contributed by atoms with Gasteiger partial charge in [-0.3, -0.25) is 4.79 Å². The molecule has 0 radical (unpaired) electrons. The number of hydrogen-bond acceptors (Lipinski definition) is 4. The molecule has 1 atom stereocenters. The van der Waals surface area contributed by atoms with Crippen LogP contribution in [0.5, 0.6) is 0 Å². The molecule has 0 bridgehead atoms. The van der Waals surface area contributed by atoms with Crippen molar-refractivity contribution in [2.75, 3.05) is 26.3 Å². The maximum Gasteiger partial charge on any atom is 0.227 e. The van der Waals surface area contributed by atoms with E-state index in [4.69, 9.17) is 4.74 Å². The molecule has 5 nitrogen and oxygen atoms in total. The van der Waals surface area contributed by atoms with E-state index in [-0.39, 0.29) is 11.8 Å². The molecule has 0 saturated carbocycles. The average Bonchev–Trinajstić information content (AvgIpc) is 3.00. The molecule has 5 heteroatoms. The van der Waals surface area contributed by atoms with Gasteiger partial charge in [-0.1, -0.05) is 18.2 Å². The number of carbonyl (C=O) groups excluding carboxylic acids is 1. The number of fused-ring (bicyclic) bond motifs is 1. The second-order valence-corrected chi connectivity index (χ2v) is 7.32. The Morgan fingerprint density at radius 2 is 2.15 bits per heavy atom. The van der Waals surface area contributed by atoms with E-state index < -0.39 is 0 Å². The fourth-order valence-electron chi connectivity index (χ4n) is 3.99. The molecule has 0 unspecified atom stereocenters. The Balaban J connectivity index is 1.39. The van der Waals surface area contributed by atoms with Crippen LogP contribution in [0.15, 0.2) is 36.8 Å². The van der Waals surface area contributed by atoms with Crippen LogP contribution in [0, 0.1) is 5.92 Å². The molecule has 2 aromatic rings. The van der Waals surface area contributed by atoms with E-state index >= 15 is 0 Å². The van der Waals surface area contributed by atoms with Crippen molar-refractivity contribution in [3.8, 4) is 0 Å². The number of aryl methyl sites for hydroxylation is 2. The third kappa shape index (κ3) is 4.10. The Hall–Kier alpha value is -2.27. The zero-order valence-electron chi connectivity index (χ0n) is 15.1. The largest absolute Gasteiger partial charge is 0.379 e. The quantitative estimate of drug-likeness (QED) is 0.848. The molecule has 1 amide bonds. The summed E-state index contributed by atoms with van der Waals surface area (Å²) >= 11 is 0. The van der Waals surface area contributed by atoms with Crippen LogP contribution in [0.4, 0.5) is 0 Å². The maximum atomic E-state index is 12.9. The highest BCUT2D eigenvalue weighted by atomic mass is 16.5. The highest BCUT2D eigenvalue weighted by Gasteiger charge is 2.23. The van der Waals surface area contributed by atoms with E-state index in [1.807, 2.05) is 11.0 Å². The van der Waals surface area contributed by atoms with Crippen molar-refractivity contribution in [1.29, 1.82) is 0 Å². The number of nitrogens with zero attached hydrogens (tertiary/aromatic N) is 3. The molecule has 1 aromatic heterocycles. The zero-order chi connectivity index (χ0) is 17.8. The third-order valence-electron chi connectivity index (χ3n) is 5.35. The first-order valence-corrected chi connectivity index (χ1v) is 9.49. The van der Waals surface area contributed by atoms with Gasteiger partial charge in [0.25, 0.3) is 0 Å². The summed E-state index contributed by atoms with van der Waals surface area (Å²) in [7, 11) is 0. The molecular weight excluding hydrogens is 326 g/mol. The highest BCUT2D eigenvalue weighted by Crippen LogP contribution is 2.23. The van der Waals surface area contributed by atoms with E-state index in [0.29, 0.717) is 26.2 Å². The second-order valence-electron chi connectivity index (χ2n) is 7.32. The molecule has 1 aromatic carbocycles. The molecule has 136 valence electrons. The maximum absolute atomic E-state index is 12.9. The Kier molecular flexibility index (Phi) is 5.25. The minimum atomic E-state index is 0.195. The predicted octanol–water partition coefficient (Wildman–Crippen LogP) is 2.23. The lowest BCUT2D eigenvalue weighted by Gasteiger charge is -2.23. The standard InChI is InChI=1S/C21H25N3O2/c25-21(12-16-4-5-18-2-1-3-19(18)10-16)24-8-9-26-14-17(13-24)11-20-6-7-22-15-23-20/h4-7,10,15,17H,1-3,8-9,11-14H2/t17-/m0/s1. The number of ether oxygens (including phenoxy) is 1. The number of amides is 1. The monoisotopic (exact) mass is 351 g/mol. The lowest BCUT2D eigenvalue weighted by molar-refractivity contribution is -0.130. The van der Waals surface area contributed by atoms with Crippen LogP contribution in [0.1, 0.15) is 28.8 Å². The molecule has 1 aliphatic heterocycles. The molecule has 26 heavy (non-hydrogen) atoms. The Morgan fingerprint density at radius 3 is 3.04 bits per heavy atom. The minimum absolute atomic E-state index is 0.195. The predicted molar refractivity (Wildman–Crippen MR) is 98.8 cm³/mol. The molecule has 0 spiro atoms. The lowest BCUT2D eigenvalue weighted by Crippen LogP contribution is -2.37. The zero-order valence-corrected chi connectivity index (χ0v) is 15.1. The van der Waals surface area contributed by atoms with Gasteiger partial charge in [-0.2, -0.15) is 0 Å². The minimum Gasteiger partial charge on any atom is -0.379 e. The van der Waals surface area contributed by atoms with Crippen LogP contribution in [-0.2, 0) is 35.2 Å². The van der Waals surface area contributed by atoms with Crippen LogP contribution in [-0.4, -0.2) is 47.1 Å². The average molecular weight is 351 g/mol. The van der Waals surface area contributed by atoms with Gasteiger partial charge in [-0.05, 0) is 48.4 Å². The topological polar surface area (TPSA) is 55.3 Å². The Labute approximate surface area is 154 Å².